The summed E-state index contributed by atoms with van der Waals surface area (Å²) in [6.45, 7) is 0.812. The van der Waals surface area contributed by atoms with Gasteiger partial charge in [0, 0.05) is 23.7 Å². The number of H-pyrrole nitrogens is 1. The average Bonchev–Trinajstić information content (AvgIpc) is 3.23. The topological polar surface area (TPSA) is 93.3 Å². The van der Waals surface area contributed by atoms with Crippen molar-refractivity contribution in [2.75, 3.05) is 18.3 Å². The molecule has 24 heavy (non-hydrogen) atoms. The Kier molecular flexibility index (Phi) is 4.71. The maximum Gasteiger partial charge on any atom is 0.231 e. The van der Waals surface area contributed by atoms with Crippen molar-refractivity contribution < 1.29 is 17.9 Å². The van der Waals surface area contributed by atoms with Crippen LogP contribution >= 0.6 is 12.4 Å². The first-order chi connectivity index (χ1) is 11.1. The number of nitrogens with zero attached hydrogens (tertiary/aromatic N) is 1. The first-order valence-corrected chi connectivity index (χ1v) is 9.29. The molecule has 2 aliphatic heterocycles. The fraction of sp³-hybridized carbons (Fsp3) is 0.400. The molecule has 1 aromatic heterocycles. The van der Waals surface area contributed by atoms with E-state index in [-0.39, 0.29) is 36.7 Å². The van der Waals surface area contributed by atoms with E-state index in [0.29, 0.717) is 13.0 Å². The molecule has 0 amide bonds. The fourth-order valence-corrected chi connectivity index (χ4v) is 4.67. The van der Waals surface area contributed by atoms with Crippen LogP contribution < -0.4 is 14.8 Å². The molecule has 1 unspecified atom stereocenters. The molecule has 2 aromatic rings. The number of rotatable bonds is 4. The molecule has 9 heteroatoms. The Morgan fingerprint density at radius 2 is 2.12 bits per heavy atom. The summed E-state index contributed by atoms with van der Waals surface area (Å²) >= 11 is 0. The summed E-state index contributed by atoms with van der Waals surface area (Å²) in [6, 6.07) is 5.75. The smallest absolute Gasteiger partial charge is 0.231 e. The normalized spacial score (nSPS) is 20.8. The van der Waals surface area contributed by atoms with Gasteiger partial charge in [-0.05, 0) is 24.6 Å². The molecule has 0 saturated carbocycles. The van der Waals surface area contributed by atoms with Crippen LogP contribution in [0.25, 0.3) is 11.3 Å². The second-order valence-electron chi connectivity index (χ2n) is 5.82. The van der Waals surface area contributed by atoms with E-state index >= 15 is 0 Å². The van der Waals surface area contributed by atoms with Gasteiger partial charge in [0.25, 0.3) is 0 Å². The van der Waals surface area contributed by atoms with Crippen LogP contribution in [0.5, 0.6) is 11.5 Å². The van der Waals surface area contributed by atoms with Crippen LogP contribution in [-0.4, -0.2) is 43.0 Å². The first-order valence-electron chi connectivity index (χ1n) is 7.47. The third-order valence-electron chi connectivity index (χ3n) is 4.19. The van der Waals surface area contributed by atoms with E-state index in [4.69, 9.17) is 9.47 Å². The highest BCUT2D eigenvalue weighted by Gasteiger charge is 2.27. The van der Waals surface area contributed by atoms with Crippen LogP contribution in [0.1, 0.15) is 12.0 Å². The molecule has 0 aliphatic carbocycles. The van der Waals surface area contributed by atoms with E-state index in [9.17, 15) is 8.42 Å². The zero-order chi connectivity index (χ0) is 15.9. The lowest BCUT2D eigenvalue weighted by Gasteiger charge is -2.11. The van der Waals surface area contributed by atoms with Crippen molar-refractivity contribution in [3.63, 3.8) is 0 Å². The Balaban J connectivity index is 0.00000169. The molecule has 1 fully saturated rings. The number of benzene rings is 1. The summed E-state index contributed by atoms with van der Waals surface area (Å²) in [4.78, 5) is 0. The summed E-state index contributed by atoms with van der Waals surface area (Å²) in [6.07, 6.45) is 2.43. The van der Waals surface area contributed by atoms with Gasteiger partial charge in [-0.3, -0.25) is 5.10 Å². The predicted molar refractivity (Wildman–Crippen MR) is 91.3 cm³/mol. The van der Waals surface area contributed by atoms with Gasteiger partial charge in [0.05, 0.1) is 23.4 Å². The molecule has 4 rings (SSSR count). The fourth-order valence-electron chi connectivity index (χ4n) is 2.96. The van der Waals surface area contributed by atoms with Crippen LogP contribution in [-0.2, 0) is 16.4 Å². The largest absolute Gasteiger partial charge is 0.454 e. The van der Waals surface area contributed by atoms with Crippen molar-refractivity contribution in [2.45, 2.75) is 19.0 Å². The second kappa shape index (κ2) is 6.62. The summed E-state index contributed by atoms with van der Waals surface area (Å²) in [5.74, 6) is 1.94. The van der Waals surface area contributed by atoms with E-state index in [2.05, 4.69) is 15.5 Å². The number of aromatic nitrogens is 2. The van der Waals surface area contributed by atoms with Crippen molar-refractivity contribution in [3.05, 3.63) is 30.0 Å². The lowest BCUT2D eigenvalue weighted by molar-refractivity contribution is 0.174. The number of sulfone groups is 1. The molecule has 0 radical (unpaired) electrons. The summed E-state index contributed by atoms with van der Waals surface area (Å²) in [5, 5.41) is 10.4. The third kappa shape index (κ3) is 3.35. The Labute approximate surface area is 146 Å². The number of halogens is 1. The zero-order valence-corrected chi connectivity index (χ0v) is 14.5. The molecule has 3 heterocycles. The Hall–Kier alpha value is -1.77. The standard InChI is InChI=1S/C15H17N3O4S.ClH/c19-23(20)4-3-12(8-23)16-6-11-7-17-18-15(11)10-1-2-13-14(5-10)22-9-21-13;/h1-2,5,7,12,16H,3-4,6,8-9H2,(H,17,18);1H. The number of nitrogens with one attached hydrogen (secondary N) is 2. The lowest BCUT2D eigenvalue weighted by Crippen LogP contribution is -2.29. The van der Waals surface area contributed by atoms with Gasteiger partial charge in [0.1, 0.15) is 0 Å². The number of aromatic amines is 1. The minimum absolute atomic E-state index is 0. The van der Waals surface area contributed by atoms with E-state index in [1.165, 1.54) is 0 Å². The highest BCUT2D eigenvalue weighted by molar-refractivity contribution is 7.91. The molecule has 0 bridgehead atoms. The Morgan fingerprint density at radius 1 is 1.29 bits per heavy atom. The Bertz CT molecular complexity index is 837. The summed E-state index contributed by atoms with van der Waals surface area (Å²) < 4.78 is 33.8. The van der Waals surface area contributed by atoms with Gasteiger partial charge >= 0.3 is 0 Å². The molecule has 2 N–H and O–H groups in total. The molecular formula is C15H18ClN3O4S. The minimum Gasteiger partial charge on any atom is -0.454 e. The van der Waals surface area contributed by atoms with Crippen molar-refractivity contribution in [2.24, 2.45) is 0 Å². The maximum absolute atomic E-state index is 11.5. The third-order valence-corrected chi connectivity index (χ3v) is 5.96. The molecule has 130 valence electrons. The van der Waals surface area contributed by atoms with Gasteiger partial charge in [-0.1, -0.05) is 0 Å². The molecule has 1 saturated heterocycles. The monoisotopic (exact) mass is 371 g/mol. The van der Waals surface area contributed by atoms with E-state index in [1.807, 2.05) is 18.2 Å². The maximum atomic E-state index is 11.5. The minimum atomic E-state index is -2.87. The molecule has 0 spiro atoms. The highest BCUT2D eigenvalue weighted by Crippen LogP contribution is 2.36. The lowest BCUT2D eigenvalue weighted by atomic mass is 10.1. The molecule has 1 atom stereocenters. The summed E-state index contributed by atoms with van der Waals surface area (Å²) in [7, 11) is -2.87. The first kappa shape index (κ1) is 17.1. The van der Waals surface area contributed by atoms with Crippen molar-refractivity contribution in [3.8, 4) is 22.8 Å². The second-order valence-corrected chi connectivity index (χ2v) is 8.05. The highest BCUT2D eigenvalue weighted by atomic mass is 35.5. The average molecular weight is 372 g/mol. The van der Waals surface area contributed by atoms with Crippen LogP contribution in [0.2, 0.25) is 0 Å². The summed E-state index contributed by atoms with van der Waals surface area (Å²) in [5.41, 5.74) is 2.85. The van der Waals surface area contributed by atoms with Gasteiger partial charge in [-0.25, -0.2) is 8.42 Å². The number of fused-ring (bicyclic) bond motifs is 1. The molecule has 1 aromatic carbocycles. The van der Waals surface area contributed by atoms with E-state index in [1.54, 1.807) is 6.20 Å². The molecule has 2 aliphatic rings. The van der Waals surface area contributed by atoms with Crippen LogP contribution in [0.4, 0.5) is 0 Å². The molecule has 7 nitrogen and oxygen atoms in total. The van der Waals surface area contributed by atoms with Crippen molar-refractivity contribution in [1.29, 1.82) is 0 Å². The zero-order valence-electron chi connectivity index (χ0n) is 12.8. The van der Waals surface area contributed by atoms with Crippen LogP contribution in [0, 0.1) is 0 Å². The quantitative estimate of drug-likeness (QED) is 0.846. The van der Waals surface area contributed by atoms with Gasteiger partial charge in [-0.2, -0.15) is 5.10 Å². The van der Waals surface area contributed by atoms with Crippen molar-refractivity contribution >= 4 is 22.2 Å². The number of hydrogen-bond donors (Lipinski definition) is 2. The Morgan fingerprint density at radius 3 is 2.92 bits per heavy atom. The van der Waals surface area contributed by atoms with E-state index < -0.39 is 9.84 Å². The van der Waals surface area contributed by atoms with E-state index in [0.717, 1.165) is 28.3 Å². The van der Waals surface area contributed by atoms with Crippen LogP contribution in [0.3, 0.4) is 0 Å². The van der Waals surface area contributed by atoms with Gasteiger partial charge in [-0.15, -0.1) is 12.4 Å². The SMILES string of the molecule is Cl.O=S1(=O)CCC(NCc2cn[nH]c2-c2ccc3c(c2)OCO3)C1. The van der Waals surface area contributed by atoms with Crippen LogP contribution in [0.15, 0.2) is 24.4 Å². The van der Waals surface area contributed by atoms with Gasteiger partial charge in [0.2, 0.25) is 6.79 Å². The molecular weight excluding hydrogens is 354 g/mol. The number of hydrogen-bond acceptors (Lipinski definition) is 6. The van der Waals surface area contributed by atoms with Crippen molar-refractivity contribution in [1.82, 2.24) is 15.5 Å². The predicted octanol–water partition coefficient (Wildman–Crippen LogP) is 1.50. The number of ether oxygens (including phenoxy) is 2. The van der Waals surface area contributed by atoms with Gasteiger partial charge < -0.3 is 14.8 Å². The van der Waals surface area contributed by atoms with Gasteiger partial charge in [0.15, 0.2) is 21.3 Å².